The van der Waals surface area contributed by atoms with E-state index in [1.165, 1.54) is 0 Å². The van der Waals surface area contributed by atoms with Crippen LogP contribution in [0.1, 0.15) is 18.9 Å². The lowest BCUT2D eigenvalue weighted by Gasteiger charge is -2.09. The zero-order chi connectivity index (χ0) is 12.7. The van der Waals surface area contributed by atoms with Crippen LogP contribution in [0.2, 0.25) is 0 Å². The van der Waals surface area contributed by atoms with Gasteiger partial charge in [0, 0.05) is 0 Å². The molecule has 1 atom stereocenters. The minimum Gasteiger partial charge on any atom is -0.493 e. The summed E-state index contributed by atoms with van der Waals surface area (Å²) in [6.07, 6.45) is 5.47. The predicted octanol–water partition coefficient (Wildman–Crippen LogP) is 1.90. The van der Waals surface area contributed by atoms with Crippen molar-refractivity contribution >= 4 is 5.91 Å². The molecule has 1 unspecified atom stereocenters. The van der Waals surface area contributed by atoms with Gasteiger partial charge in [-0.25, -0.2) is 0 Å². The van der Waals surface area contributed by atoms with Crippen LogP contribution in [-0.2, 0) is 4.79 Å². The number of rotatable bonds is 5. The highest BCUT2D eigenvalue weighted by molar-refractivity contribution is 5.76. The Morgan fingerprint density at radius 1 is 1.59 bits per heavy atom. The minimum absolute atomic E-state index is 0.0943. The van der Waals surface area contributed by atoms with Crippen LogP contribution in [-0.4, -0.2) is 18.6 Å². The summed E-state index contributed by atoms with van der Waals surface area (Å²) >= 11 is 0. The number of carbonyl (C=O) groups is 1. The maximum absolute atomic E-state index is 11.4. The first kappa shape index (κ1) is 13.1. The molecule has 1 rings (SSSR count). The van der Waals surface area contributed by atoms with Gasteiger partial charge in [-0.1, -0.05) is 18.1 Å². The zero-order valence-electron chi connectivity index (χ0n) is 10.2. The molecule has 0 aliphatic rings. The Morgan fingerprint density at radius 2 is 2.35 bits per heavy atom. The van der Waals surface area contributed by atoms with E-state index >= 15 is 0 Å². The van der Waals surface area contributed by atoms with Crippen LogP contribution in [0.5, 0.6) is 5.75 Å². The van der Waals surface area contributed by atoms with Crippen LogP contribution in [0, 0.1) is 19.3 Å². The fraction of sp³-hybridized carbons (Fsp3) is 0.357. The van der Waals surface area contributed by atoms with Crippen molar-refractivity contribution in [2.24, 2.45) is 0 Å². The highest BCUT2D eigenvalue weighted by Crippen LogP contribution is 2.12. The predicted molar refractivity (Wildman–Crippen MR) is 67.7 cm³/mol. The molecule has 0 aliphatic carbocycles. The zero-order valence-corrected chi connectivity index (χ0v) is 10.2. The molecule has 0 aromatic heterocycles. The van der Waals surface area contributed by atoms with Crippen LogP contribution < -0.4 is 10.1 Å². The summed E-state index contributed by atoms with van der Waals surface area (Å²) in [5, 5.41) is 2.67. The van der Waals surface area contributed by atoms with Crippen molar-refractivity contribution in [2.45, 2.75) is 26.3 Å². The minimum atomic E-state index is -0.235. The first-order valence-electron chi connectivity index (χ1n) is 5.57. The van der Waals surface area contributed by atoms with E-state index in [1.54, 1.807) is 6.92 Å². The van der Waals surface area contributed by atoms with Gasteiger partial charge in [0.25, 0.3) is 0 Å². The molecular formula is C14H17NO2. The van der Waals surface area contributed by atoms with Gasteiger partial charge in [0.1, 0.15) is 5.75 Å². The lowest BCUT2D eigenvalue weighted by atomic mass is 10.2. The van der Waals surface area contributed by atoms with Crippen molar-refractivity contribution in [1.29, 1.82) is 0 Å². The van der Waals surface area contributed by atoms with Gasteiger partial charge in [-0.2, -0.15) is 0 Å². The Hall–Kier alpha value is -1.95. The molecule has 1 aromatic rings. The van der Waals surface area contributed by atoms with Gasteiger partial charge in [-0.15, -0.1) is 6.42 Å². The topological polar surface area (TPSA) is 38.3 Å². The quantitative estimate of drug-likeness (QED) is 0.786. The number of aryl methyl sites for hydroxylation is 1. The van der Waals surface area contributed by atoms with Crippen molar-refractivity contribution in [3.8, 4) is 18.1 Å². The molecule has 0 bridgehead atoms. The number of nitrogens with one attached hydrogen (secondary N) is 1. The fourth-order valence-electron chi connectivity index (χ4n) is 1.32. The highest BCUT2D eigenvalue weighted by Gasteiger charge is 2.04. The molecule has 0 fully saturated rings. The Morgan fingerprint density at radius 3 is 3.00 bits per heavy atom. The van der Waals surface area contributed by atoms with Gasteiger partial charge in [-0.3, -0.25) is 4.79 Å². The third-order valence-corrected chi connectivity index (χ3v) is 2.21. The van der Waals surface area contributed by atoms with E-state index in [1.807, 2.05) is 31.2 Å². The molecule has 1 N–H and O–H groups in total. The summed E-state index contributed by atoms with van der Waals surface area (Å²) in [6.45, 7) is 4.11. The molecule has 0 saturated heterocycles. The van der Waals surface area contributed by atoms with Crippen LogP contribution >= 0.6 is 0 Å². The second-order valence-corrected chi connectivity index (χ2v) is 3.87. The summed E-state index contributed by atoms with van der Waals surface area (Å²) < 4.78 is 5.46. The molecule has 1 amide bonds. The molecule has 0 saturated carbocycles. The number of benzene rings is 1. The molecule has 17 heavy (non-hydrogen) atoms. The van der Waals surface area contributed by atoms with Crippen LogP contribution in [0.25, 0.3) is 0 Å². The molecule has 3 nitrogen and oxygen atoms in total. The normalized spacial score (nSPS) is 11.4. The van der Waals surface area contributed by atoms with Crippen molar-refractivity contribution in [3.63, 3.8) is 0 Å². The molecule has 0 spiro atoms. The molecular weight excluding hydrogens is 214 g/mol. The number of hydrogen-bond donors (Lipinski definition) is 1. The Balaban J connectivity index is 2.29. The maximum atomic E-state index is 11.4. The summed E-state index contributed by atoms with van der Waals surface area (Å²) in [4.78, 5) is 11.4. The molecule has 90 valence electrons. The maximum Gasteiger partial charge on any atom is 0.224 e. The lowest BCUT2D eigenvalue weighted by Crippen LogP contribution is -2.32. The van der Waals surface area contributed by atoms with Gasteiger partial charge in [0.05, 0.1) is 19.1 Å². The van der Waals surface area contributed by atoms with Crippen molar-refractivity contribution in [1.82, 2.24) is 5.32 Å². The Bertz CT molecular complexity index is 420. The molecule has 1 aromatic carbocycles. The fourth-order valence-corrected chi connectivity index (χ4v) is 1.32. The van der Waals surface area contributed by atoms with Crippen molar-refractivity contribution in [2.75, 3.05) is 6.61 Å². The number of terminal acetylenes is 1. The largest absolute Gasteiger partial charge is 0.493 e. The van der Waals surface area contributed by atoms with Crippen LogP contribution in [0.15, 0.2) is 24.3 Å². The molecule has 0 radical (unpaired) electrons. The monoisotopic (exact) mass is 231 g/mol. The third-order valence-electron chi connectivity index (χ3n) is 2.21. The molecule has 0 aliphatic heterocycles. The van der Waals surface area contributed by atoms with Gasteiger partial charge in [0.15, 0.2) is 0 Å². The average molecular weight is 231 g/mol. The van der Waals surface area contributed by atoms with E-state index in [2.05, 4.69) is 11.2 Å². The summed E-state index contributed by atoms with van der Waals surface area (Å²) in [5.41, 5.74) is 1.13. The Labute approximate surface area is 102 Å². The van der Waals surface area contributed by atoms with Crippen molar-refractivity contribution < 1.29 is 9.53 Å². The second kappa shape index (κ2) is 6.59. The average Bonchev–Trinajstić information content (AvgIpc) is 2.29. The first-order valence-corrected chi connectivity index (χ1v) is 5.57. The van der Waals surface area contributed by atoms with Gasteiger partial charge in [0.2, 0.25) is 5.91 Å². The lowest BCUT2D eigenvalue weighted by molar-refractivity contribution is -0.121. The number of hydrogen-bond acceptors (Lipinski definition) is 2. The van der Waals surface area contributed by atoms with Crippen LogP contribution in [0.4, 0.5) is 0 Å². The van der Waals surface area contributed by atoms with Gasteiger partial charge in [-0.05, 0) is 31.5 Å². The summed E-state index contributed by atoms with van der Waals surface area (Å²) in [6, 6.07) is 7.48. The van der Waals surface area contributed by atoms with E-state index in [-0.39, 0.29) is 11.9 Å². The van der Waals surface area contributed by atoms with E-state index in [9.17, 15) is 4.79 Å². The molecule has 3 heteroatoms. The van der Waals surface area contributed by atoms with E-state index in [4.69, 9.17) is 11.2 Å². The van der Waals surface area contributed by atoms with Crippen molar-refractivity contribution in [3.05, 3.63) is 29.8 Å². The SMILES string of the molecule is C#CC(C)NC(=O)CCOc1cccc(C)c1. The third kappa shape index (κ3) is 5.07. The standard InChI is InChI=1S/C14H17NO2/c1-4-12(3)15-14(16)8-9-17-13-7-5-6-11(2)10-13/h1,5-7,10,12H,8-9H2,2-3H3,(H,15,16). The van der Waals surface area contributed by atoms with E-state index < -0.39 is 0 Å². The summed E-state index contributed by atoms with van der Waals surface area (Å²) in [7, 11) is 0. The van der Waals surface area contributed by atoms with Crippen LogP contribution in [0.3, 0.4) is 0 Å². The summed E-state index contributed by atoms with van der Waals surface area (Å²) in [5.74, 6) is 3.12. The van der Waals surface area contributed by atoms with Gasteiger partial charge < -0.3 is 10.1 Å². The Kier molecular flexibility index (Phi) is 5.09. The second-order valence-electron chi connectivity index (χ2n) is 3.87. The highest BCUT2D eigenvalue weighted by atomic mass is 16.5. The number of ether oxygens (including phenoxy) is 1. The first-order chi connectivity index (χ1) is 8.11. The van der Waals surface area contributed by atoms with E-state index in [0.29, 0.717) is 13.0 Å². The molecule has 0 heterocycles. The number of amides is 1. The number of carbonyl (C=O) groups excluding carboxylic acids is 1. The van der Waals surface area contributed by atoms with Gasteiger partial charge >= 0.3 is 0 Å². The smallest absolute Gasteiger partial charge is 0.224 e. The van der Waals surface area contributed by atoms with E-state index in [0.717, 1.165) is 11.3 Å².